The first-order valence-corrected chi connectivity index (χ1v) is 18.1. The number of nitrogens with zero attached hydrogens (tertiary/aromatic N) is 3. The summed E-state index contributed by atoms with van der Waals surface area (Å²) < 4.78 is 79.1. The zero-order chi connectivity index (χ0) is 37.7. The minimum absolute atomic E-state index is 0.0116. The van der Waals surface area contributed by atoms with Gasteiger partial charge in [0.25, 0.3) is 11.5 Å². The van der Waals surface area contributed by atoms with Gasteiger partial charge in [0.15, 0.2) is 6.10 Å². The quantitative estimate of drug-likeness (QED) is 0.269. The monoisotopic (exact) mass is 742 g/mol. The highest BCUT2D eigenvalue weighted by atomic mass is 19.4. The maximum absolute atomic E-state index is 13.6. The molecule has 0 bridgehead atoms. The highest BCUT2D eigenvalue weighted by Gasteiger charge is 2.49. The summed E-state index contributed by atoms with van der Waals surface area (Å²) in [6, 6.07) is 12.0. The van der Waals surface area contributed by atoms with Gasteiger partial charge in [-0.2, -0.15) is 26.3 Å². The fourth-order valence-corrected chi connectivity index (χ4v) is 8.10. The van der Waals surface area contributed by atoms with Crippen molar-refractivity contribution in [2.75, 3.05) is 19.6 Å². The molecule has 14 heteroatoms. The van der Waals surface area contributed by atoms with Crippen LogP contribution in [0.5, 0.6) is 0 Å². The van der Waals surface area contributed by atoms with Gasteiger partial charge in [0, 0.05) is 25.6 Å². The lowest BCUT2D eigenvalue weighted by Gasteiger charge is -2.34. The van der Waals surface area contributed by atoms with Crippen LogP contribution in [0.2, 0.25) is 0 Å². The summed E-state index contributed by atoms with van der Waals surface area (Å²) in [4.78, 5) is 50.9. The highest BCUT2D eigenvalue weighted by Crippen LogP contribution is 2.52. The molecule has 0 saturated heterocycles. The third kappa shape index (κ3) is 7.52. The molecule has 2 aromatic carbocycles. The van der Waals surface area contributed by atoms with E-state index in [4.69, 9.17) is 4.98 Å². The minimum Gasteiger partial charge on any atom is -0.378 e. The van der Waals surface area contributed by atoms with Gasteiger partial charge in [-0.1, -0.05) is 42.5 Å². The van der Waals surface area contributed by atoms with Crippen LogP contribution in [0.3, 0.4) is 0 Å². The van der Waals surface area contributed by atoms with Crippen LogP contribution in [0.25, 0.3) is 5.57 Å². The van der Waals surface area contributed by atoms with Gasteiger partial charge in [-0.05, 0) is 92.2 Å². The van der Waals surface area contributed by atoms with E-state index in [1.807, 2.05) is 24.3 Å². The molecular weight excluding hydrogens is 702 g/mol. The van der Waals surface area contributed by atoms with Gasteiger partial charge in [0.1, 0.15) is 5.82 Å². The highest BCUT2D eigenvalue weighted by molar-refractivity contribution is 5.82. The van der Waals surface area contributed by atoms with Crippen LogP contribution in [-0.4, -0.2) is 62.5 Å². The fourth-order valence-electron chi connectivity index (χ4n) is 8.10. The maximum atomic E-state index is 13.6. The summed E-state index contributed by atoms with van der Waals surface area (Å²) in [6.07, 6.45) is -5.25. The van der Waals surface area contributed by atoms with E-state index in [0.717, 1.165) is 47.7 Å². The summed E-state index contributed by atoms with van der Waals surface area (Å²) >= 11 is 0. The molecule has 7 rings (SSSR count). The molecular formula is C39H40F6N4O4. The number of hydrogen-bond donors (Lipinski definition) is 2. The first kappa shape index (κ1) is 36.9. The number of carbonyl (C=O) groups is 2. The zero-order valence-corrected chi connectivity index (χ0v) is 28.9. The number of aliphatic hydroxyl groups is 1. The van der Waals surface area contributed by atoms with Gasteiger partial charge in [-0.3, -0.25) is 14.4 Å². The number of carbonyl (C=O) groups excluding carboxylic acids is 2. The van der Waals surface area contributed by atoms with Gasteiger partial charge in [0.2, 0.25) is 5.91 Å². The van der Waals surface area contributed by atoms with E-state index in [0.29, 0.717) is 43.9 Å². The van der Waals surface area contributed by atoms with Crippen LogP contribution >= 0.6 is 0 Å². The van der Waals surface area contributed by atoms with Crippen LogP contribution in [0.15, 0.2) is 59.4 Å². The summed E-state index contributed by atoms with van der Waals surface area (Å²) in [5.74, 6) is -2.06. The number of aromatic amines is 1. The van der Waals surface area contributed by atoms with E-state index in [1.165, 1.54) is 11.0 Å². The lowest BCUT2D eigenvalue weighted by molar-refractivity contribution is -0.185. The summed E-state index contributed by atoms with van der Waals surface area (Å²) in [6.45, 7) is 0.913. The van der Waals surface area contributed by atoms with E-state index in [9.17, 15) is 45.8 Å². The number of rotatable bonds is 6. The molecule has 3 aromatic rings. The van der Waals surface area contributed by atoms with Crippen molar-refractivity contribution >= 4 is 17.4 Å². The summed E-state index contributed by atoms with van der Waals surface area (Å²) in [7, 11) is 0. The molecule has 8 nitrogen and oxygen atoms in total. The Bertz CT molecular complexity index is 1980. The molecule has 2 saturated carbocycles. The van der Waals surface area contributed by atoms with Crippen molar-refractivity contribution in [1.82, 2.24) is 19.8 Å². The van der Waals surface area contributed by atoms with E-state index < -0.39 is 46.8 Å². The first-order valence-electron chi connectivity index (χ1n) is 18.1. The van der Waals surface area contributed by atoms with Gasteiger partial charge in [-0.25, -0.2) is 4.98 Å². The Morgan fingerprint density at radius 3 is 2.32 bits per heavy atom. The number of aromatic nitrogens is 2. The zero-order valence-electron chi connectivity index (χ0n) is 28.9. The molecule has 1 unspecified atom stereocenters. The van der Waals surface area contributed by atoms with Crippen LogP contribution in [0, 0.1) is 11.8 Å². The normalized spacial score (nSPS) is 22.4. The Kier molecular flexibility index (Phi) is 9.79. The third-order valence-corrected chi connectivity index (χ3v) is 11.4. The molecule has 2 N–H and O–H groups in total. The van der Waals surface area contributed by atoms with Crippen LogP contribution < -0.4 is 5.56 Å². The van der Waals surface area contributed by atoms with Crippen molar-refractivity contribution in [3.63, 3.8) is 0 Å². The average molecular weight is 743 g/mol. The van der Waals surface area contributed by atoms with E-state index in [2.05, 4.69) is 11.1 Å². The van der Waals surface area contributed by atoms with Gasteiger partial charge in [0.05, 0.1) is 34.7 Å². The standard InChI is InChI=1S/C39H40F6N4O4/c40-38(41,42)27-11-9-24(10-12-27)34(52)48-18-13-23(14-19-48)25-4-1-6-28(20-25)37(15-16-37)36-46-31-8-3-17-49(22-30(31)33(51)47-36)35(53)32(50)26-5-2-7-29(21-26)39(43,44)45/h1-2,4-7,13,20-21,24,27,32,50H,3,8-12,14-19,22H2,(H,46,47,51)/t24-,27-,32?. The number of nitrogens with one attached hydrogen (secondary N) is 1. The van der Waals surface area contributed by atoms with Gasteiger partial charge in [-0.15, -0.1) is 0 Å². The molecule has 4 aliphatic rings. The number of hydrogen-bond acceptors (Lipinski definition) is 5. The summed E-state index contributed by atoms with van der Waals surface area (Å²) in [5.41, 5.74) is 1.76. The van der Waals surface area contributed by atoms with Crippen molar-refractivity contribution in [2.24, 2.45) is 11.8 Å². The van der Waals surface area contributed by atoms with E-state index in [1.54, 1.807) is 4.90 Å². The molecule has 2 aliphatic carbocycles. The second kappa shape index (κ2) is 14.1. The number of fused-ring (bicyclic) bond motifs is 1. The first-order chi connectivity index (χ1) is 25.1. The van der Waals surface area contributed by atoms with Crippen LogP contribution in [0.4, 0.5) is 26.3 Å². The van der Waals surface area contributed by atoms with Crippen molar-refractivity contribution in [3.05, 3.63) is 104 Å². The molecule has 282 valence electrons. The number of halogens is 6. The fraction of sp³-hybridized carbons (Fsp3) is 0.487. The van der Waals surface area contributed by atoms with Crippen molar-refractivity contribution in [1.29, 1.82) is 0 Å². The van der Waals surface area contributed by atoms with Crippen molar-refractivity contribution < 1.29 is 41.0 Å². The second-order valence-corrected chi connectivity index (χ2v) is 14.7. The molecule has 1 atom stereocenters. The lowest BCUT2D eigenvalue weighted by Crippen LogP contribution is -2.41. The topological polar surface area (TPSA) is 107 Å². The number of aryl methyl sites for hydroxylation is 1. The number of benzene rings is 2. The third-order valence-electron chi connectivity index (χ3n) is 11.4. The smallest absolute Gasteiger partial charge is 0.378 e. The molecule has 1 aromatic heterocycles. The Morgan fingerprint density at radius 1 is 0.925 bits per heavy atom. The minimum atomic E-state index is -4.64. The van der Waals surface area contributed by atoms with Crippen molar-refractivity contribution in [2.45, 2.75) is 88.2 Å². The number of amides is 2. The largest absolute Gasteiger partial charge is 0.416 e. The van der Waals surface area contributed by atoms with Gasteiger partial charge < -0.3 is 19.9 Å². The van der Waals surface area contributed by atoms with Crippen molar-refractivity contribution in [3.8, 4) is 0 Å². The molecule has 2 fully saturated rings. The van der Waals surface area contributed by atoms with Crippen LogP contribution in [0.1, 0.15) is 96.8 Å². The number of H-pyrrole nitrogens is 1. The number of aliphatic hydroxyl groups excluding tert-OH is 1. The Labute approximate surface area is 301 Å². The molecule has 0 radical (unpaired) electrons. The van der Waals surface area contributed by atoms with Crippen LogP contribution in [-0.2, 0) is 34.1 Å². The van der Waals surface area contributed by atoms with Gasteiger partial charge >= 0.3 is 12.4 Å². The SMILES string of the molecule is O=C(C(O)c1cccc(C(F)(F)F)c1)N1CCCc2nc(C3(c4cccc(C5=CCN(C(=O)[C@H]6CC[C@H](C(F)(F)F)CC6)CC5)c4)CC3)[nH]c(=O)c2C1. The van der Waals surface area contributed by atoms with E-state index >= 15 is 0 Å². The predicted molar refractivity (Wildman–Crippen MR) is 182 cm³/mol. The Hall–Kier alpha value is -4.46. The molecule has 0 spiro atoms. The summed E-state index contributed by atoms with van der Waals surface area (Å²) in [5, 5.41) is 10.8. The average Bonchev–Trinajstić information content (AvgIpc) is 3.99. The molecule has 2 aliphatic heterocycles. The van der Waals surface area contributed by atoms with E-state index in [-0.39, 0.29) is 61.7 Å². The number of alkyl halides is 6. The predicted octanol–water partition coefficient (Wildman–Crippen LogP) is 6.86. The molecule has 3 heterocycles. The Morgan fingerprint density at radius 2 is 1.66 bits per heavy atom. The Balaban J connectivity index is 1.04. The molecule has 2 amide bonds. The maximum Gasteiger partial charge on any atom is 0.416 e. The second-order valence-electron chi connectivity index (χ2n) is 14.7. The molecule has 53 heavy (non-hydrogen) atoms. The lowest BCUT2D eigenvalue weighted by atomic mass is 9.81.